The van der Waals surface area contributed by atoms with E-state index in [2.05, 4.69) is 237 Å². The van der Waals surface area contributed by atoms with Crippen LogP contribution in [0.5, 0.6) is 0 Å². The first-order valence-corrected chi connectivity index (χ1v) is 30.9. The van der Waals surface area contributed by atoms with E-state index in [0.717, 1.165) is 39.2 Å². The fraction of sp³-hybridized carbons (Fsp3) is 0.209. The molecule has 12 rings (SSSR count). The van der Waals surface area contributed by atoms with E-state index in [9.17, 15) is 0 Å². The Bertz CT molecular complexity index is 4880. The molecule has 0 saturated heterocycles. The molecule has 0 aliphatic heterocycles. The minimum Gasteiger partial charge on any atom is -0.201 e. The van der Waals surface area contributed by atoms with Gasteiger partial charge in [-0.05, 0) is 233 Å². The van der Waals surface area contributed by atoms with Crippen LogP contribution in [-0.2, 0) is 28.2 Å². The van der Waals surface area contributed by atoms with Crippen LogP contribution in [-0.4, -0.2) is 0 Å². The van der Waals surface area contributed by atoms with Crippen molar-refractivity contribution in [3.8, 4) is 89.5 Å². The van der Waals surface area contributed by atoms with Gasteiger partial charge in [-0.1, -0.05) is 146 Å². The number of benzene rings is 8. The second-order valence-corrected chi connectivity index (χ2v) is 24.2. The lowest BCUT2D eigenvalue weighted by Crippen LogP contribution is -2.31. The van der Waals surface area contributed by atoms with Crippen molar-refractivity contribution in [2.75, 3.05) is 0 Å². The van der Waals surface area contributed by atoms with Gasteiger partial charge in [-0.15, -0.1) is 0 Å². The molecule has 0 aliphatic rings. The summed E-state index contributed by atoms with van der Waals surface area (Å²) in [7, 11) is 7.94. The standard InChI is InChI=1S/2C22H24N.2C21H22N/c2*1-15-13-22(23(5)14-18(15)4)21-12-16(2)20(11-17(21)3)19-9-7-6-8-10-19;1-15-10-11-21(22(4)14-15)20-13-16(2)19(12-17(20)3)18-8-6-5-7-9-18;1-15-10-11-21(22(4)14-15)20-13-19(16(2)12-17(20)3)18-8-6-5-7-9-18/h2*6-14H,1-5H3;2*5-14H,1-4H3/q4*+1/i4D3;;;1D3,2D3. The zero-order valence-electron chi connectivity index (χ0n) is 64.2. The quantitative estimate of drug-likeness (QED) is 0.135. The molecule has 0 radical (unpaired) electrons. The molecule has 0 aliphatic carbocycles. The Kier molecular flexibility index (Phi) is 17.0. The van der Waals surface area contributed by atoms with Crippen molar-refractivity contribution in [1.29, 1.82) is 0 Å². The van der Waals surface area contributed by atoms with Gasteiger partial charge in [0.15, 0.2) is 24.8 Å². The lowest BCUT2D eigenvalue weighted by Gasteiger charge is -2.12. The molecule has 4 aromatic heterocycles. The summed E-state index contributed by atoms with van der Waals surface area (Å²) in [6.07, 6.45) is 7.72. The maximum absolute atomic E-state index is 7.94. The van der Waals surface area contributed by atoms with Gasteiger partial charge in [0.25, 0.3) is 0 Å². The Morgan fingerprint density at radius 1 is 0.211 bits per heavy atom. The van der Waals surface area contributed by atoms with Crippen LogP contribution in [0.2, 0.25) is 0 Å². The smallest absolute Gasteiger partial charge is 0.201 e. The van der Waals surface area contributed by atoms with Crippen LogP contribution in [0.3, 0.4) is 0 Å². The molecule has 4 heterocycles. The molecule has 0 spiro atoms. The molecular formula is C86H92N4+4. The highest BCUT2D eigenvalue weighted by atomic mass is 14.9. The number of pyridine rings is 4. The summed E-state index contributed by atoms with van der Waals surface area (Å²) < 4.78 is 77.8. The summed E-state index contributed by atoms with van der Waals surface area (Å²) in [5.74, 6) is 0. The first-order chi connectivity index (χ1) is 46.7. The Labute approximate surface area is 551 Å². The molecule has 0 N–H and O–H groups in total. The molecular weight excluding hydrogens is 1090 g/mol. The molecule has 8 aromatic carbocycles. The van der Waals surface area contributed by atoms with Crippen molar-refractivity contribution < 1.29 is 30.6 Å². The zero-order valence-corrected chi connectivity index (χ0v) is 55.2. The maximum atomic E-state index is 7.94. The largest absolute Gasteiger partial charge is 0.212 e. The predicted molar refractivity (Wildman–Crippen MR) is 380 cm³/mol. The van der Waals surface area contributed by atoms with Gasteiger partial charge in [-0.2, -0.15) is 0 Å². The number of aromatic nitrogens is 4. The van der Waals surface area contributed by atoms with E-state index >= 15 is 0 Å². The summed E-state index contributed by atoms with van der Waals surface area (Å²) in [5, 5.41) is 0. The third-order valence-corrected chi connectivity index (χ3v) is 17.2. The molecule has 4 nitrogen and oxygen atoms in total. The van der Waals surface area contributed by atoms with Gasteiger partial charge in [-0.3, -0.25) is 0 Å². The van der Waals surface area contributed by atoms with E-state index in [4.69, 9.17) is 12.3 Å². The van der Waals surface area contributed by atoms with Gasteiger partial charge in [0.1, 0.15) is 28.2 Å². The Morgan fingerprint density at radius 3 is 0.878 bits per heavy atom. The van der Waals surface area contributed by atoms with Crippen LogP contribution in [0.4, 0.5) is 0 Å². The van der Waals surface area contributed by atoms with E-state index in [-0.39, 0.29) is 5.56 Å². The van der Waals surface area contributed by atoms with Crippen molar-refractivity contribution >= 4 is 0 Å². The Balaban J connectivity index is 0.000000155. The van der Waals surface area contributed by atoms with Gasteiger partial charge < -0.3 is 0 Å². The Morgan fingerprint density at radius 2 is 0.500 bits per heavy atom. The first kappa shape index (κ1) is 53.4. The second kappa shape index (κ2) is 28.7. The average molecular weight is 1190 g/mol. The highest BCUT2D eigenvalue weighted by molar-refractivity contribution is 5.78. The van der Waals surface area contributed by atoms with E-state index in [1.807, 2.05) is 74.0 Å². The summed E-state index contributed by atoms with van der Waals surface area (Å²) in [6.45, 7) is 16.7. The first-order valence-electron chi connectivity index (χ1n) is 35.4. The average Bonchev–Trinajstić information content (AvgIpc) is 0.798. The molecule has 4 heteroatoms. The molecule has 452 valence electrons. The number of aryl methyl sites for hydroxylation is 18. The van der Waals surface area contributed by atoms with Gasteiger partial charge in [0.2, 0.25) is 22.8 Å². The van der Waals surface area contributed by atoms with Crippen LogP contribution in [0.25, 0.3) is 89.5 Å². The number of rotatable bonds is 8. The van der Waals surface area contributed by atoms with Crippen LogP contribution in [0.1, 0.15) is 90.2 Å². The normalized spacial score (nSPS) is 12.7. The SMILES string of the molecule is Cc1cc(-c2cc(C)c(-c3ccccc3)cc2C)[n+](C)cc1C.Cc1ccc(-c2cc(C)c(-c3ccccc3)cc2C)[n+](C)c1.[2H]C([2H])([2H])c1c[n+](C)c(-c2cc(C)c(-c3ccccc3)cc2C)cc1C.[2H]C([2H])([2H])c1ccc(-c2cc(-c3ccccc3)c(C([2H])([2H])[2H])cc2C)[n+](C)c1. The van der Waals surface area contributed by atoms with Crippen LogP contribution >= 0.6 is 0 Å². The Hall–Kier alpha value is -9.64. The van der Waals surface area contributed by atoms with Gasteiger partial charge in [0, 0.05) is 81.1 Å². The van der Waals surface area contributed by atoms with Crippen LogP contribution in [0, 0.1) is 96.7 Å². The third-order valence-electron chi connectivity index (χ3n) is 17.2. The minimum atomic E-state index is -2.23. The highest BCUT2D eigenvalue weighted by Gasteiger charge is 2.21. The lowest BCUT2D eigenvalue weighted by atomic mass is 9.93. The second-order valence-electron chi connectivity index (χ2n) is 24.2. The topological polar surface area (TPSA) is 15.5 Å². The van der Waals surface area contributed by atoms with Crippen molar-refractivity contribution in [3.05, 3.63) is 309 Å². The van der Waals surface area contributed by atoms with E-state index in [0.29, 0.717) is 16.7 Å². The molecule has 0 fully saturated rings. The monoisotopic (exact) mass is 1190 g/mol. The van der Waals surface area contributed by atoms with E-state index in [1.54, 1.807) is 42.2 Å². The van der Waals surface area contributed by atoms with E-state index in [1.165, 1.54) is 106 Å². The molecule has 0 saturated carbocycles. The molecule has 90 heavy (non-hydrogen) atoms. The van der Waals surface area contributed by atoms with Crippen molar-refractivity contribution in [3.63, 3.8) is 0 Å². The molecule has 0 atom stereocenters. The number of hydrogen-bond donors (Lipinski definition) is 0. The summed E-state index contributed by atoms with van der Waals surface area (Å²) >= 11 is 0. The number of nitrogens with zero attached hydrogens (tertiary/aromatic N) is 4. The molecule has 12 aromatic rings. The molecule has 0 unspecified atom stereocenters. The fourth-order valence-electron chi connectivity index (χ4n) is 12.0. The van der Waals surface area contributed by atoms with Gasteiger partial charge in [-0.25, -0.2) is 18.3 Å². The molecule has 0 bridgehead atoms. The summed E-state index contributed by atoms with van der Waals surface area (Å²) in [4.78, 5) is 0. The predicted octanol–water partition coefficient (Wildman–Crippen LogP) is 19.7. The van der Waals surface area contributed by atoms with Crippen LogP contribution in [0.15, 0.2) is 231 Å². The summed E-state index contributed by atoms with van der Waals surface area (Å²) in [6, 6.07) is 70.3. The lowest BCUT2D eigenvalue weighted by molar-refractivity contribution is -0.660. The fourth-order valence-corrected chi connectivity index (χ4v) is 12.0. The van der Waals surface area contributed by atoms with Crippen molar-refractivity contribution in [2.45, 2.75) is 96.7 Å². The highest BCUT2D eigenvalue weighted by Crippen LogP contribution is 2.35. The van der Waals surface area contributed by atoms with Gasteiger partial charge in [0.05, 0.1) is 0 Å². The molecule has 0 amide bonds. The summed E-state index contributed by atoms with van der Waals surface area (Å²) in [5.41, 5.74) is 32.3. The zero-order chi connectivity index (χ0) is 72.0. The number of hydrogen-bond acceptors (Lipinski definition) is 0. The van der Waals surface area contributed by atoms with Gasteiger partial charge >= 0.3 is 0 Å². The minimum absolute atomic E-state index is 0.263. The van der Waals surface area contributed by atoms with Crippen molar-refractivity contribution in [1.82, 2.24) is 0 Å². The van der Waals surface area contributed by atoms with E-state index < -0.39 is 20.6 Å². The van der Waals surface area contributed by atoms with Crippen LogP contribution < -0.4 is 18.3 Å². The third kappa shape index (κ3) is 15.1. The maximum Gasteiger partial charge on any atom is 0.212 e. The van der Waals surface area contributed by atoms with Crippen molar-refractivity contribution in [2.24, 2.45) is 28.2 Å².